The number of rotatable bonds is 7. The van der Waals surface area contributed by atoms with E-state index in [9.17, 15) is 9.18 Å². The van der Waals surface area contributed by atoms with Crippen LogP contribution in [0.2, 0.25) is 0 Å². The minimum Gasteiger partial charge on any atom is -0.497 e. The molecule has 0 spiro atoms. The second-order valence-electron chi connectivity index (χ2n) is 6.96. The topological polar surface area (TPSA) is 56.1 Å². The molecule has 0 aliphatic rings. The molecule has 4 aromatic rings. The van der Waals surface area contributed by atoms with Gasteiger partial charge in [-0.15, -0.1) is 0 Å². The monoisotopic (exact) mass is 403 g/mol. The largest absolute Gasteiger partial charge is 0.497 e. The second kappa shape index (κ2) is 8.78. The minimum absolute atomic E-state index is 0.140. The lowest BCUT2D eigenvalue weighted by atomic mass is 10.2. The van der Waals surface area contributed by atoms with Crippen molar-refractivity contribution in [2.45, 2.75) is 13.0 Å². The fourth-order valence-corrected chi connectivity index (χ4v) is 3.40. The molecule has 0 fully saturated rings. The molecule has 152 valence electrons. The number of fused-ring (bicyclic) bond motifs is 1. The molecule has 30 heavy (non-hydrogen) atoms. The van der Waals surface area contributed by atoms with Crippen LogP contribution >= 0.6 is 0 Å². The molecule has 6 heteroatoms. The highest BCUT2D eigenvalue weighted by atomic mass is 19.1. The van der Waals surface area contributed by atoms with Crippen LogP contribution in [0, 0.1) is 5.82 Å². The van der Waals surface area contributed by atoms with E-state index in [-0.39, 0.29) is 11.7 Å². The smallest absolute Gasteiger partial charge is 0.251 e. The van der Waals surface area contributed by atoms with Gasteiger partial charge in [-0.2, -0.15) is 0 Å². The van der Waals surface area contributed by atoms with Gasteiger partial charge in [0.25, 0.3) is 5.91 Å². The predicted molar refractivity (Wildman–Crippen MR) is 114 cm³/mol. The third kappa shape index (κ3) is 4.33. The van der Waals surface area contributed by atoms with Gasteiger partial charge in [-0.25, -0.2) is 9.37 Å². The van der Waals surface area contributed by atoms with Crippen LogP contribution in [-0.4, -0.2) is 29.1 Å². The quantitative estimate of drug-likeness (QED) is 0.503. The summed E-state index contributed by atoms with van der Waals surface area (Å²) in [4.78, 5) is 17.1. The van der Waals surface area contributed by atoms with Gasteiger partial charge in [-0.05, 0) is 54.1 Å². The van der Waals surface area contributed by atoms with E-state index in [1.54, 1.807) is 43.5 Å². The Hall–Kier alpha value is -3.67. The Morgan fingerprint density at radius 3 is 2.50 bits per heavy atom. The maximum Gasteiger partial charge on any atom is 0.251 e. The van der Waals surface area contributed by atoms with Crippen molar-refractivity contribution in [2.75, 3.05) is 13.7 Å². The number of ether oxygens (including phenoxy) is 1. The summed E-state index contributed by atoms with van der Waals surface area (Å²) < 4.78 is 20.5. The van der Waals surface area contributed by atoms with E-state index >= 15 is 0 Å². The minimum atomic E-state index is -0.254. The Bertz CT molecular complexity index is 1150. The average molecular weight is 403 g/mol. The van der Waals surface area contributed by atoms with E-state index < -0.39 is 0 Å². The summed E-state index contributed by atoms with van der Waals surface area (Å²) in [5.41, 5.74) is 3.48. The van der Waals surface area contributed by atoms with Crippen LogP contribution in [0.25, 0.3) is 11.0 Å². The van der Waals surface area contributed by atoms with Gasteiger partial charge in [0.15, 0.2) is 0 Å². The number of imidazole rings is 1. The maximum absolute atomic E-state index is 13.3. The van der Waals surface area contributed by atoms with Crippen LogP contribution in [0.5, 0.6) is 5.75 Å². The normalized spacial score (nSPS) is 10.9. The summed E-state index contributed by atoms with van der Waals surface area (Å²) in [6, 6.07) is 21.4. The lowest BCUT2D eigenvalue weighted by molar-refractivity contribution is 0.0954. The zero-order valence-corrected chi connectivity index (χ0v) is 16.6. The summed E-state index contributed by atoms with van der Waals surface area (Å²) in [7, 11) is 1.59. The van der Waals surface area contributed by atoms with Crippen LogP contribution in [0.1, 0.15) is 21.7 Å². The first-order valence-corrected chi connectivity index (χ1v) is 9.75. The third-order valence-corrected chi connectivity index (χ3v) is 4.97. The number of methoxy groups -OCH3 is 1. The van der Waals surface area contributed by atoms with Crippen molar-refractivity contribution in [1.82, 2.24) is 14.9 Å². The number of benzene rings is 3. The lowest BCUT2D eigenvalue weighted by Crippen LogP contribution is -2.26. The van der Waals surface area contributed by atoms with Crippen LogP contribution in [0.15, 0.2) is 72.8 Å². The van der Waals surface area contributed by atoms with Crippen LogP contribution < -0.4 is 10.1 Å². The number of nitrogens with zero attached hydrogens (tertiary/aromatic N) is 2. The number of carbonyl (C=O) groups is 1. The first-order valence-electron chi connectivity index (χ1n) is 9.75. The van der Waals surface area contributed by atoms with Gasteiger partial charge in [0, 0.05) is 25.1 Å². The number of amides is 1. The van der Waals surface area contributed by atoms with Crippen molar-refractivity contribution in [2.24, 2.45) is 0 Å². The van der Waals surface area contributed by atoms with E-state index in [2.05, 4.69) is 9.88 Å². The average Bonchev–Trinajstić information content (AvgIpc) is 3.12. The number of nitrogens with one attached hydrogen (secondary N) is 1. The zero-order valence-electron chi connectivity index (χ0n) is 16.6. The Kier molecular flexibility index (Phi) is 5.75. The SMILES string of the molecule is COc1ccc(C(=O)NCCc2nc3ccccc3n2Cc2ccc(F)cc2)cc1. The van der Waals surface area contributed by atoms with E-state index in [4.69, 9.17) is 9.72 Å². The van der Waals surface area contributed by atoms with Crippen molar-refractivity contribution in [1.29, 1.82) is 0 Å². The molecule has 5 nitrogen and oxygen atoms in total. The van der Waals surface area contributed by atoms with Crippen molar-refractivity contribution in [3.05, 3.63) is 95.6 Å². The van der Waals surface area contributed by atoms with E-state index in [1.165, 1.54) is 12.1 Å². The van der Waals surface area contributed by atoms with Crippen LogP contribution in [-0.2, 0) is 13.0 Å². The van der Waals surface area contributed by atoms with E-state index in [0.29, 0.717) is 30.8 Å². The van der Waals surface area contributed by atoms with E-state index in [0.717, 1.165) is 22.4 Å². The molecule has 4 rings (SSSR count). The first-order chi connectivity index (χ1) is 14.6. The molecule has 0 radical (unpaired) electrons. The standard InChI is InChI=1S/C24H22FN3O2/c1-30-20-12-8-18(9-13-20)24(29)26-15-14-23-27-21-4-2-3-5-22(21)28(23)16-17-6-10-19(25)11-7-17/h2-13H,14-16H2,1H3,(H,26,29). The highest BCUT2D eigenvalue weighted by Gasteiger charge is 2.12. The van der Waals surface area contributed by atoms with Gasteiger partial charge in [0.2, 0.25) is 0 Å². The molecule has 0 unspecified atom stereocenters. The molecule has 0 saturated heterocycles. The van der Waals surface area contributed by atoms with Gasteiger partial charge >= 0.3 is 0 Å². The first kappa shape index (κ1) is 19.6. The maximum atomic E-state index is 13.3. The van der Waals surface area contributed by atoms with Crippen molar-refractivity contribution >= 4 is 16.9 Å². The highest BCUT2D eigenvalue weighted by Crippen LogP contribution is 2.19. The predicted octanol–water partition coefficient (Wildman–Crippen LogP) is 4.20. The van der Waals surface area contributed by atoms with Crippen molar-refractivity contribution in [3.8, 4) is 5.75 Å². The fraction of sp³-hybridized carbons (Fsp3) is 0.167. The number of para-hydroxylation sites is 2. The summed E-state index contributed by atoms with van der Waals surface area (Å²) in [6.07, 6.45) is 0.581. The summed E-state index contributed by atoms with van der Waals surface area (Å²) in [5, 5.41) is 2.95. The molecular weight excluding hydrogens is 381 g/mol. The molecule has 1 amide bonds. The summed E-state index contributed by atoms with van der Waals surface area (Å²) in [6.45, 7) is 1.04. The Labute approximate surface area is 174 Å². The molecular formula is C24H22FN3O2. The molecule has 0 aliphatic carbocycles. The second-order valence-corrected chi connectivity index (χ2v) is 6.96. The molecule has 1 heterocycles. The lowest BCUT2D eigenvalue weighted by Gasteiger charge is -2.10. The number of carbonyl (C=O) groups excluding carboxylic acids is 1. The number of hydrogen-bond acceptors (Lipinski definition) is 3. The third-order valence-electron chi connectivity index (χ3n) is 4.97. The molecule has 0 aliphatic heterocycles. The van der Waals surface area contributed by atoms with Crippen molar-refractivity contribution in [3.63, 3.8) is 0 Å². The highest BCUT2D eigenvalue weighted by molar-refractivity contribution is 5.94. The summed E-state index contributed by atoms with van der Waals surface area (Å²) in [5.74, 6) is 1.19. The Morgan fingerprint density at radius 1 is 1.03 bits per heavy atom. The molecule has 0 bridgehead atoms. The molecule has 0 atom stereocenters. The van der Waals surface area contributed by atoms with Gasteiger partial charge in [0.1, 0.15) is 17.4 Å². The molecule has 1 N–H and O–H groups in total. The number of hydrogen-bond donors (Lipinski definition) is 1. The van der Waals surface area contributed by atoms with Gasteiger partial charge in [0.05, 0.1) is 18.1 Å². The molecule has 3 aromatic carbocycles. The number of halogens is 1. The fourth-order valence-electron chi connectivity index (χ4n) is 3.40. The van der Waals surface area contributed by atoms with Gasteiger partial charge in [-0.1, -0.05) is 24.3 Å². The Morgan fingerprint density at radius 2 is 1.77 bits per heavy atom. The zero-order chi connectivity index (χ0) is 20.9. The summed E-state index contributed by atoms with van der Waals surface area (Å²) >= 11 is 0. The Balaban J connectivity index is 1.49. The molecule has 0 saturated carbocycles. The van der Waals surface area contributed by atoms with Crippen molar-refractivity contribution < 1.29 is 13.9 Å². The number of aromatic nitrogens is 2. The van der Waals surface area contributed by atoms with Crippen LogP contribution in [0.3, 0.4) is 0 Å². The van der Waals surface area contributed by atoms with Gasteiger partial charge in [-0.3, -0.25) is 4.79 Å². The van der Waals surface area contributed by atoms with Crippen LogP contribution in [0.4, 0.5) is 4.39 Å². The van der Waals surface area contributed by atoms with Gasteiger partial charge < -0.3 is 14.6 Å². The van der Waals surface area contributed by atoms with E-state index in [1.807, 2.05) is 24.3 Å². The molecule has 1 aromatic heterocycles.